The predicted molar refractivity (Wildman–Crippen MR) is 223 cm³/mol. The Morgan fingerprint density at radius 3 is 1.03 bits per heavy atom. The van der Waals surface area contributed by atoms with Crippen molar-refractivity contribution in [2.24, 2.45) is 0 Å². The average Bonchev–Trinajstić information content (AvgIpc) is 3.30. The lowest BCUT2D eigenvalue weighted by molar-refractivity contribution is -0.359. The summed E-state index contributed by atoms with van der Waals surface area (Å²) < 4.78 is 44.6. The number of rotatable bonds is 30. The maximum Gasteiger partial charge on any atom is 0.187 e. The van der Waals surface area contributed by atoms with Gasteiger partial charge in [-0.25, -0.2) is 0 Å². The van der Waals surface area contributed by atoms with E-state index in [1.54, 1.807) is 0 Å². The van der Waals surface area contributed by atoms with Crippen molar-refractivity contribution in [3.05, 3.63) is 0 Å². The first-order valence-corrected chi connectivity index (χ1v) is 23.7. The van der Waals surface area contributed by atoms with Gasteiger partial charge in [0.1, 0.15) is 104 Å². The van der Waals surface area contributed by atoms with Gasteiger partial charge in [0.15, 0.2) is 18.9 Å². The van der Waals surface area contributed by atoms with E-state index in [2.05, 4.69) is 0 Å². The van der Waals surface area contributed by atoms with E-state index in [1.807, 2.05) is 0 Å². The van der Waals surface area contributed by atoms with Crippen LogP contribution in [0.5, 0.6) is 0 Å². The van der Waals surface area contributed by atoms with Gasteiger partial charge in [-0.15, -0.1) is 0 Å². The van der Waals surface area contributed by atoms with Crippen molar-refractivity contribution in [3.63, 3.8) is 0 Å². The molecule has 0 bridgehead atoms. The SMILES string of the molecule is OCC1OC(OC2C(CO)OC(OCCCCCCCCCCCCCCCCCCOCC3OC(CO)C(OC4OC(CO)C(O)[C@H](O)[C@@H]4O)[C@H](O)[C@@H]3O)[C@H](O)[C@@H]2O)[C@H](O)[C@H](O)C1O. The maximum atomic E-state index is 10.8. The molecular weight excluding hydrogens is 868 g/mol. The second-order valence-electron chi connectivity index (χ2n) is 17.8. The summed E-state index contributed by atoms with van der Waals surface area (Å²) in [6.45, 7) is -1.87. The van der Waals surface area contributed by atoms with Crippen LogP contribution in [0.2, 0.25) is 0 Å². The summed E-state index contributed by atoms with van der Waals surface area (Å²) in [6, 6.07) is 0. The fourth-order valence-corrected chi connectivity index (χ4v) is 8.68. The zero-order valence-electron chi connectivity index (χ0n) is 37.3. The molecule has 65 heavy (non-hydrogen) atoms. The van der Waals surface area contributed by atoms with Crippen LogP contribution >= 0.6 is 0 Å². The third kappa shape index (κ3) is 16.6. The normalized spacial score (nSPS) is 40.3. The summed E-state index contributed by atoms with van der Waals surface area (Å²) in [6.07, 6.45) is -11.6. The Labute approximate surface area is 380 Å². The van der Waals surface area contributed by atoms with Gasteiger partial charge in [-0.1, -0.05) is 89.9 Å². The van der Waals surface area contributed by atoms with E-state index < -0.39 is 149 Å². The third-order valence-corrected chi connectivity index (χ3v) is 12.8. The van der Waals surface area contributed by atoms with Crippen LogP contribution in [0, 0.1) is 0 Å². The minimum atomic E-state index is -1.73. The molecule has 14 N–H and O–H groups in total. The van der Waals surface area contributed by atoms with Crippen LogP contribution in [0.4, 0.5) is 0 Å². The Kier molecular flexibility index (Phi) is 26.2. The summed E-state index contributed by atoms with van der Waals surface area (Å²) in [7, 11) is 0. The molecule has 0 aliphatic carbocycles. The largest absolute Gasteiger partial charge is 0.394 e. The lowest BCUT2D eigenvalue weighted by atomic mass is 9.94. The van der Waals surface area contributed by atoms with Gasteiger partial charge < -0.3 is 109 Å². The first-order valence-electron chi connectivity index (χ1n) is 23.7. The van der Waals surface area contributed by atoms with Gasteiger partial charge in [0.2, 0.25) is 0 Å². The Hall–Kier alpha value is -0.880. The summed E-state index contributed by atoms with van der Waals surface area (Å²) in [5.41, 5.74) is 0. The Bertz CT molecular complexity index is 1150. The van der Waals surface area contributed by atoms with Crippen LogP contribution in [0.15, 0.2) is 0 Å². The summed E-state index contributed by atoms with van der Waals surface area (Å²) >= 11 is 0. The Morgan fingerprint density at radius 1 is 0.292 bits per heavy atom. The van der Waals surface area contributed by atoms with Crippen LogP contribution in [-0.2, 0) is 37.9 Å². The van der Waals surface area contributed by atoms with Crippen molar-refractivity contribution in [1.82, 2.24) is 0 Å². The molecule has 0 amide bonds. The minimum absolute atomic E-state index is 0.0234. The van der Waals surface area contributed by atoms with Crippen LogP contribution in [0.1, 0.15) is 103 Å². The lowest BCUT2D eigenvalue weighted by Gasteiger charge is -2.46. The fraction of sp³-hybridized carbons (Fsp3) is 1.00. The fourth-order valence-electron chi connectivity index (χ4n) is 8.68. The highest BCUT2D eigenvalue weighted by Crippen LogP contribution is 2.31. The molecule has 4 saturated heterocycles. The van der Waals surface area contributed by atoms with Crippen molar-refractivity contribution in [1.29, 1.82) is 0 Å². The molecule has 0 saturated carbocycles. The van der Waals surface area contributed by atoms with Gasteiger partial charge in [0.05, 0.1) is 33.0 Å². The monoisotopic (exact) mass is 949 g/mol. The standard InChI is InChI=1S/C43H80O22/c44-19-24-29(48)32(51)36(55)42(61-24)64-39-26(21-46)60-28(31(50)34(39)53)23-58-17-15-13-11-9-7-5-3-1-2-4-6-8-10-12-14-16-18-59-41-38(57)35(54)40(27(22-47)63-41)65-43-37(56)33(52)30(49)25(20-45)62-43/h24-57H,1-23H2/t24?,25?,26?,27?,28?,29?,30?,31-,32+,33-,34-,35+,36+,37-,38-,39?,40?,41?,42?,43?/m1/s1. The highest BCUT2D eigenvalue weighted by Gasteiger charge is 2.52. The molecular formula is C43H80O22. The summed E-state index contributed by atoms with van der Waals surface area (Å²) in [4.78, 5) is 0. The lowest BCUT2D eigenvalue weighted by Crippen LogP contribution is -2.64. The molecule has 4 heterocycles. The molecule has 12 unspecified atom stereocenters. The zero-order chi connectivity index (χ0) is 47.5. The van der Waals surface area contributed by atoms with E-state index >= 15 is 0 Å². The molecule has 22 heteroatoms. The van der Waals surface area contributed by atoms with Gasteiger partial charge in [-0.3, -0.25) is 0 Å². The van der Waals surface area contributed by atoms with Crippen LogP contribution in [-0.4, -0.2) is 240 Å². The summed E-state index contributed by atoms with van der Waals surface area (Å²) in [5.74, 6) is 0. The first kappa shape index (κ1) is 56.7. The molecule has 4 fully saturated rings. The van der Waals surface area contributed by atoms with Crippen molar-refractivity contribution in [2.45, 2.75) is 225 Å². The molecule has 0 aromatic carbocycles. The molecule has 0 aromatic rings. The molecule has 0 radical (unpaired) electrons. The quantitative estimate of drug-likeness (QED) is 0.0311. The topological polar surface area (TPSA) is 357 Å². The molecule has 20 atom stereocenters. The van der Waals surface area contributed by atoms with Gasteiger partial charge in [-0.2, -0.15) is 0 Å². The number of ether oxygens (including phenoxy) is 8. The zero-order valence-corrected chi connectivity index (χ0v) is 37.3. The molecule has 4 aliphatic heterocycles. The van der Waals surface area contributed by atoms with E-state index in [0.29, 0.717) is 13.0 Å². The maximum absolute atomic E-state index is 10.8. The molecule has 22 nitrogen and oxygen atoms in total. The van der Waals surface area contributed by atoms with Crippen molar-refractivity contribution in [2.75, 3.05) is 46.2 Å². The van der Waals surface area contributed by atoms with Crippen molar-refractivity contribution >= 4 is 0 Å². The molecule has 4 aliphatic rings. The number of hydrogen-bond donors (Lipinski definition) is 14. The van der Waals surface area contributed by atoms with Gasteiger partial charge in [0.25, 0.3) is 0 Å². The number of aliphatic hydroxyl groups is 14. The van der Waals surface area contributed by atoms with E-state index in [4.69, 9.17) is 37.9 Å². The highest BCUT2D eigenvalue weighted by molar-refractivity contribution is 4.96. The van der Waals surface area contributed by atoms with E-state index in [1.165, 1.54) is 44.9 Å². The Morgan fingerprint density at radius 2 is 0.615 bits per heavy atom. The summed E-state index contributed by atoms with van der Waals surface area (Å²) in [5, 5.41) is 142. The van der Waals surface area contributed by atoms with Crippen LogP contribution in [0.3, 0.4) is 0 Å². The second-order valence-corrected chi connectivity index (χ2v) is 17.8. The van der Waals surface area contributed by atoms with Gasteiger partial charge >= 0.3 is 0 Å². The number of unbranched alkanes of at least 4 members (excludes halogenated alkanes) is 15. The van der Waals surface area contributed by atoms with Gasteiger partial charge in [0, 0.05) is 13.2 Å². The molecule has 384 valence electrons. The van der Waals surface area contributed by atoms with E-state index in [-0.39, 0.29) is 13.2 Å². The van der Waals surface area contributed by atoms with Crippen molar-refractivity contribution in [3.8, 4) is 0 Å². The highest BCUT2D eigenvalue weighted by atomic mass is 16.7. The third-order valence-electron chi connectivity index (χ3n) is 12.8. The molecule has 0 aromatic heterocycles. The smallest absolute Gasteiger partial charge is 0.187 e. The second kappa shape index (κ2) is 30.0. The molecule has 0 spiro atoms. The average molecular weight is 949 g/mol. The Balaban J connectivity index is 0.929. The van der Waals surface area contributed by atoms with Crippen molar-refractivity contribution < 1.29 is 109 Å². The number of hydrogen-bond acceptors (Lipinski definition) is 22. The van der Waals surface area contributed by atoms with E-state index in [0.717, 1.165) is 51.4 Å². The minimum Gasteiger partial charge on any atom is -0.394 e. The van der Waals surface area contributed by atoms with E-state index in [9.17, 15) is 71.5 Å². The first-order chi connectivity index (χ1) is 31.3. The van der Waals surface area contributed by atoms with Crippen LogP contribution in [0.25, 0.3) is 0 Å². The van der Waals surface area contributed by atoms with Crippen LogP contribution < -0.4 is 0 Å². The number of aliphatic hydroxyl groups excluding tert-OH is 14. The molecule has 4 rings (SSSR count). The van der Waals surface area contributed by atoms with Gasteiger partial charge in [-0.05, 0) is 12.8 Å². The predicted octanol–water partition coefficient (Wildman–Crippen LogP) is -3.45.